The molecule has 0 spiro atoms. The third-order valence-electron chi connectivity index (χ3n) is 5.28. The molecule has 1 fully saturated rings. The number of hydrogen-bond acceptors (Lipinski definition) is 7. The van der Waals surface area contributed by atoms with Gasteiger partial charge >= 0.3 is 0 Å². The lowest BCUT2D eigenvalue weighted by atomic mass is 9.94. The molecule has 2 N–H and O–H groups in total. The number of halogens is 1. The number of aliphatic hydroxyl groups excluding tert-OH is 1. The summed E-state index contributed by atoms with van der Waals surface area (Å²) in [5, 5.41) is 21.1. The number of aromatic hydroxyl groups is 1. The number of rotatable bonds is 7. The van der Waals surface area contributed by atoms with Crippen LogP contribution >= 0.6 is 11.6 Å². The number of aliphatic hydroxyl groups is 1. The van der Waals surface area contributed by atoms with Crippen LogP contribution in [0.5, 0.6) is 17.2 Å². The number of ketones is 1. The molecule has 0 aromatic heterocycles. The number of methoxy groups -OCH3 is 2. The molecule has 32 heavy (non-hydrogen) atoms. The summed E-state index contributed by atoms with van der Waals surface area (Å²) >= 11 is 6.11. The highest BCUT2D eigenvalue weighted by Gasteiger charge is 2.46. The van der Waals surface area contributed by atoms with E-state index < -0.39 is 17.7 Å². The molecule has 1 heterocycles. The van der Waals surface area contributed by atoms with Crippen LogP contribution in [0.3, 0.4) is 0 Å². The minimum Gasteiger partial charge on any atom is -0.507 e. The van der Waals surface area contributed by atoms with Gasteiger partial charge in [-0.25, -0.2) is 0 Å². The zero-order valence-electron chi connectivity index (χ0n) is 18.3. The van der Waals surface area contributed by atoms with Crippen molar-refractivity contribution in [2.24, 2.45) is 0 Å². The Morgan fingerprint density at radius 2 is 1.84 bits per heavy atom. The summed E-state index contributed by atoms with van der Waals surface area (Å²) in [5.41, 5.74) is 0.601. The van der Waals surface area contributed by atoms with Crippen molar-refractivity contribution < 1.29 is 29.3 Å². The standard InChI is InChI=1S/C23H25ClN2O6/c1-25(2)9-10-26-20(13-5-7-17(27)16(24)11-13)19(22(29)23(26)30)21(28)15-12-14(31-3)6-8-18(15)32-4/h5-8,11-12,20,27-28H,9-10H2,1-4H3/b21-19+. The fraction of sp³-hybridized carbons (Fsp3) is 0.304. The van der Waals surface area contributed by atoms with Gasteiger partial charge in [0.05, 0.1) is 36.4 Å². The van der Waals surface area contributed by atoms with Gasteiger partial charge in [0, 0.05) is 13.1 Å². The van der Waals surface area contributed by atoms with Crippen molar-refractivity contribution in [1.29, 1.82) is 0 Å². The fourth-order valence-corrected chi connectivity index (χ4v) is 3.79. The third-order valence-corrected chi connectivity index (χ3v) is 5.58. The van der Waals surface area contributed by atoms with Gasteiger partial charge in [-0.1, -0.05) is 17.7 Å². The highest BCUT2D eigenvalue weighted by Crippen LogP contribution is 2.42. The number of carbonyl (C=O) groups excluding carboxylic acids is 2. The third kappa shape index (κ3) is 4.37. The molecule has 170 valence electrons. The molecule has 1 saturated heterocycles. The van der Waals surface area contributed by atoms with E-state index in [2.05, 4.69) is 0 Å². The second-order valence-electron chi connectivity index (χ2n) is 7.57. The van der Waals surface area contributed by atoms with Crippen LogP contribution < -0.4 is 9.47 Å². The number of phenols is 1. The van der Waals surface area contributed by atoms with Gasteiger partial charge in [0.2, 0.25) is 0 Å². The molecule has 8 nitrogen and oxygen atoms in total. The number of nitrogens with zero attached hydrogens (tertiary/aromatic N) is 2. The highest BCUT2D eigenvalue weighted by molar-refractivity contribution is 6.46. The maximum absolute atomic E-state index is 13.1. The molecule has 0 bridgehead atoms. The Bertz CT molecular complexity index is 1080. The zero-order chi connectivity index (χ0) is 23.6. The van der Waals surface area contributed by atoms with Crippen molar-refractivity contribution in [2.75, 3.05) is 41.4 Å². The van der Waals surface area contributed by atoms with Crippen LogP contribution in [0.2, 0.25) is 5.02 Å². The van der Waals surface area contributed by atoms with Gasteiger partial charge in [-0.2, -0.15) is 0 Å². The molecule has 1 unspecified atom stereocenters. The van der Waals surface area contributed by atoms with Gasteiger partial charge in [-0.05, 0) is 50.0 Å². The lowest BCUT2D eigenvalue weighted by Crippen LogP contribution is -2.35. The molecule has 1 aliphatic heterocycles. The first-order valence-electron chi connectivity index (χ1n) is 9.83. The van der Waals surface area contributed by atoms with E-state index in [0.717, 1.165) is 0 Å². The molecular formula is C23H25ClN2O6. The maximum atomic E-state index is 13.1. The molecular weight excluding hydrogens is 436 g/mol. The molecule has 1 amide bonds. The van der Waals surface area contributed by atoms with Gasteiger partial charge in [0.1, 0.15) is 23.0 Å². The average Bonchev–Trinajstić information content (AvgIpc) is 3.03. The van der Waals surface area contributed by atoms with Crippen molar-refractivity contribution >= 4 is 29.1 Å². The summed E-state index contributed by atoms with van der Waals surface area (Å²) in [6.07, 6.45) is 0. The lowest BCUT2D eigenvalue weighted by Gasteiger charge is -2.27. The van der Waals surface area contributed by atoms with Crippen molar-refractivity contribution in [3.05, 3.63) is 58.1 Å². The molecule has 1 aliphatic rings. The monoisotopic (exact) mass is 460 g/mol. The summed E-state index contributed by atoms with van der Waals surface area (Å²) in [6, 6.07) is 8.31. The average molecular weight is 461 g/mol. The number of hydrogen-bond donors (Lipinski definition) is 2. The lowest BCUT2D eigenvalue weighted by molar-refractivity contribution is -0.140. The van der Waals surface area contributed by atoms with Crippen LogP contribution in [0, 0.1) is 0 Å². The summed E-state index contributed by atoms with van der Waals surface area (Å²) in [7, 11) is 6.62. The van der Waals surface area contributed by atoms with Gasteiger partial charge < -0.3 is 29.5 Å². The summed E-state index contributed by atoms with van der Waals surface area (Å²) < 4.78 is 10.6. The minimum absolute atomic E-state index is 0.0691. The van der Waals surface area contributed by atoms with E-state index in [9.17, 15) is 19.8 Å². The maximum Gasteiger partial charge on any atom is 0.295 e. The van der Waals surface area contributed by atoms with Gasteiger partial charge in [0.25, 0.3) is 11.7 Å². The van der Waals surface area contributed by atoms with E-state index in [1.54, 1.807) is 18.2 Å². The van der Waals surface area contributed by atoms with Crippen LogP contribution in [0.25, 0.3) is 5.76 Å². The SMILES string of the molecule is COc1ccc(OC)c(/C(O)=C2\C(=O)C(=O)N(CCN(C)C)C2c2ccc(O)c(Cl)c2)c1. The number of amides is 1. The number of benzene rings is 2. The molecule has 0 aliphatic carbocycles. The number of carbonyl (C=O) groups is 2. The van der Waals surface area contributed by atoms with Crippen LogP contribution in [0.1, 0.15) is 17.2 Å². The smallest absolute Gasteiger partial charge is 0.295 e. The molecule has 0 saturated carbocycles. The Morgan fingerprint density at radius 1 is 1.12 bits per heavy atom. The largest absolute Gasteiger partial charge is 0.507 e. The molecule has 0 radical (unpaired) electrons. The van der Waals surface area contributed by atoms with E-state index in [1.807, 2.05) is 19.0 Å². The Hall–Kier alpha value is -3.23. The number of likely N-dealkylation sites (N-methyl/N-ethyl adjacent to an activating group) is 1. The van der Waals surface area contributed by atoms with Crippen LogP contribution in [0.4, 0.5) is 0 Å². The van der Waals surface area contributed by atoms with E-state index in [4.69, 9.17) is 21.1 Å². The van der Waals surface area contributed by atoms with Gasteiger partial charge in [-0.15, -0.1) is 0 Å². The molecule has 9 heteroatoms. The second kappa shape index (κ2) is 9.50. The Kier molecular flexibility index (Phi) is 6.96. The summed E-state index contributed by atoms with van der Waals surface area (Å²) in [4.78, 5) is 29.3. The molecule has 2 aromatic rings. The van der Waals surface area contributed by atoms with Crippen molar-refractivity contribution in [3.63, 3.8) is 0 Å². The van der Waals surface area contributed by atoms with Crippen molar-refractivity contribution in [3.8, 4) is 17.2 Å². The van der Waals surface area contributed by atoms with Crippen molar-refractivity contribution in [2.45, 2.75) is 6.04 Å². The molecule has 1 atom stereocenters. The highest BCUT2D eigenvalue weighted by atomic mass is 35.5. The first kappa shape index (κ1) is 23.4. The number of phenolic OH excluding ortho intramolecular Hbond substituents is 1. The predicted molar refractivity (Wildman–Crippen MR) is 120 cm³/mol. The predicted octanol–water partition coefficient (Wildman–Crippen LogP) is 3.05. The van der Waals surface area contributed by atoms with Crippen molar-refractivity contribution in [1.82, 2.24) is 9.80 Å². The number of ether oxygens (including phenoxy) is 2. The fourth-order valence-electron chi connectivity index (χ4n) is 3.60. The Morgan fingerprint density at radius 3 is 2.44 bits per heavy atom. The van der Waals surface area contributed by atoms with E-state index in [0.29, 0.717) is 23.6 Å². The van der Waals surface area contributed by atoms with Gasteiger partial charge in [-0.3, -0.25) is 9.59 Å². The topological polar surface area (TPSA) is 99.5 Å². The quantitative estimate of drug-likeness (QED) is 0.372. The number of likely N-dealkylation sites (tertiary alicyclic amines) is 1. The second-order valence-corrected chi connectivity index (χ2v) is 7.98. The first-order valence-corrected chi connectivity index (χ1v) is 10.2. The molecule has 3 rings (SSSR count). The Balaban J connectivity index is 2.24. The summed E-state index contributed by atoms with van der Waals surface area (Å²) in [6.45, 7) is 0.741. The molecule has 2 aromatic carbocycles. The van der Waals surface area contributed by atoms with Crippen LogP contribution in [-0.4, -0.2) is 73.1 Å². The number of Topliss-reactive ketones (excluding diaryl/α,β-unsaturated/α-hetero) is 1. The zero-order valence-corrected chi connectivity index (χ0v) is 19.0. The normalized spacial score (nSPS) is 17.8. The summed E-state index contributed by atoms with van der Waals surface area (Å²) in [5.74, 6) is -1.32. The van der Waals surface area contributed by atoms with E-state index >= 15 is 0 Å². The van der Waals surface area contributed by atoms with E-state index in [-0.39, 0.29) is 34.2 Å². The van der Waals surface area contributed by atoms with Gasteiger partial charge in [0.15, 0.2) is 0 Å². The van der Waals surface area contributed by atoms with E-state index in [1.165, 1.54) is 37.3 Å². The minimum atomic E-state index is -0.899. The first-order chi connectivity index (χ1) is 15.2. The van der Waals surface area contributed by atoms with Crippen LogP contribution in [0.15, 0.2) is 42.0 Å². The van der Waals surface area contributed by atoms with Crippen LogP contribution in [-0.2, 0) is 9.59 Å². The Labute approximate surface area is 191 Å².